The van der Waals surface area contributed by atoms with Gasteiger partial charge in [0.15, 0.2) is 0 Å². The highest BCUT2D eigenvalue weighted by atomic mass is 16.2. The third kappa shape index (κ3) is 1.75. The number of rotatable bonds is 1. The molecule has 1 aliphatic rings. The van der Waals surface area contributed by atoms with E-state index in [1.807, 2.05) is 6.20 Å². The van der Waals surface area contributed by atoms with Gasteiger partial charge < -0.3 is 10.3 Å². The molecule has 0 radical (unpaired) electrons. The van der Waals surface area contributed by atoms with Crippen molar-refractivity contribution in [1.82, 2.24) is 5.32 Å². The third-order valence-corrected chi connectivity index (χ3v) is 1.61. The topological polar surface area (TPSA) is 32.3 Å². The average Bonchev–Trinajstić information content (AvgIpc) is 1.90. The van der Waals surface area contributed by atoms with Crippen molar-refractivity contribution in [3.63, 3.8) is 0 Å². The fraction of sp³-hybridized carbons (Fsp3) is 0.667. The molecular formula is C6H12BNO. The van der Waals surface area contributed by atoms with Crippen LogP contribution in [-0.4, -0.2) is 18.5 Å². The van der Waals surface area contributed by atoms with Gasteiger partial charge in [-0.05, 0) is 19.0 Å². The van der Waals surface area contributed by atoms with Gasteiger partial charge in [0.05, 0.1) is 0 Å². The Labute approximate surface area is 56.1 Å². The molecule has 0 saturated carbocycles. The second-order valence-electron chi connectivity index (χ2n) is 2.45. The zero-order valence-electron chi connectivity index (χ0n) is 5.72. The molecule has 0 aliphatic carbocycles. The Morgan fingerprint density at radius 3 is 2.89 bits per heavy atom. The first-order chi connectivity index (χ1) is 4.30. The second kappa shape index (κ2) is 2.92. The van der Waals surface area contributed by atoms with Gasteiger partial charge in [-0.3, -0.25) is 0 Å². The van der Waals surface area contributed by atoms with E-state index in [0.717, 1.165) is 24.9 Å². The number of hydrogen-bond donors (Lipinski definition) is 2. The Morgan fingerprint density at radius 1 is 1.78 bits per heavy atom. The van der Waals surface area contributed by atoms with Crippen molar-refractivity contribution in [2.45, 2.75) is 19.7 Å². The van der Waals surface area contributed by atoms with E-state index in [1.165, 1.54) is 0 Å². The van der Waals surface area contributed by atoms with E-state index in [-0.39, 0.29) is 6.92 Å². The normalized spacial score (nSPS) is 18.2. The van der Waals surface area contributed by atoms with Gasteiger partial charge in [-0.15, -0.1) is 0 Å². The predicted octanol–water partition coefficient (Wildman–Crippen LogP) is 0.406. The van der Waals surface area contributed by atoms with Crippen molar-refractivity contribution < 1.29 is 5.02 Å². The summed E-state index contributed by atoms with van der Waals surface area (Å²) in [7, 11) is 0. The maximum Gasteiger partial charge on any atom is 0.317 e. The van der Waals surface area contributed by atoms with Crippen LogP contribution in [0.3, 0.4) is 0 Å². The van der Waals surface area contributed by atoms with Gasteiger partial charge in [0.2, 0.25) is 0 Å². The predicted molar refractivity (Wildman–Crippen MR) is 39.2 cm³/mol. The molecule has 0 spiro atoms. The summed E-state index contributed by atoms with van der Waals surface area (Å²) in [6.45, 7) is 2.59. The summed E-state index contributed by atoms with van der Waals surface area (Å²) in [6, 6.07) is 0. The molecule has 1 heterocycles. The number of allylic oxidation sites excluding steroid dienone is 1. The molecule has 2 N–H and O–H groups in total. The monoisotopic (exact) mass is 125 g/mol. The minimum Gasteiger partial charge on any atom is -0.447 e. The molecule has 0 aromatic carbocycles. The molecule has 50 valence electrons. The lowest BCUT2D eigenvalue weighted by Crippen LogP contribution is -2.21. The van der Waals surface area contributed by atoms with Crippen LogP contribution in [0.25, 0.3) is 0 Å². The van der Waals surface area contributed by atoms with E-state index in [1.54, 1.807) is 6.82 Å². The van der Waals surface area contributed by atoms with E-state index in [4.69, 9.17) is 5.02 Å². The van der Waals surface area contributed by atoms with Crippen LogP contribution in [0.2, 0.25) is 6.82 Å². The Bertz CT molecular complexity index is 122. The van der Waals surface area contributed by atoms with E-state index >= 15 is 0 Å². The summed E-state index contributed by atoms with van der Waals surface area (Å²) in [5.74, 6) is 0. The first-order valence-electron chi connectivity index (χ1n) is 3.41. The molecule has 0 bridgehead atoms. The summed E-state index contributed by atoms with van der Waals surface area (Å²) in [6.07, 6.45) is 4.12. The van der Waals surface area contributed by atoms with Gasteiger partial charge in [-0.25, -0.2) is 0 Å². The van der Waals surface area contributed by atoms with Crippen molar-refractivity contribution in [3.8, 4) is 0 Å². The first-order valence-corrected chi connectivity index (χ1v) is 3.41. The standard InChI is InChI=1S/C6H12BNO/c1-7(9)6-3-2-4-8-5-6/h5,8-9H,2-4H2,1H3. The maximum atomic E-state index is 9.07. The molecule has 0 aromatic heterocycles. The molecule has 0 amide bonds. The van der Waals surface area contributed by atoms with Gasteiger partial charge in [0, 0.05) is 6.54 Å². The fourth-order valence-electron chi connectivity index (χ4n) is 0.999. The van der Waals surface area contributed by atoms with Crippen molar-refractivity contribution in [3.05, 3.63) is 11.7 Å². The summed E-state index contributed by atoms with van der Waals surface area (Å²) < 4.78 is 0. The smallest absolute Gasteiger partial charge is 0.317 e. The lowest BCUT2D eigenvalue weighted by molar-refractivity contribution is 0.578. The SMILES string of the molecule is CB(O)C1=CNCCC1. The van der Waals surface area contributed by atoms with Crippen LogP contribution < -0.4 is 5.32 Å². The van der Waals surface area contributed by atoms with Crippen LogP contribution in [0, 0.1) is 0 Å². The highest BCUT2D eigenvalue weighted by Gasteiger charge is 2.11. The Hall–Kier alpha value is -0.435. The Kier molecular flexibility index (Phi) is 2.17. The highest BCUT2D eigenvalue weighted by Crippen LogP contribution is 2.09. The van der Waals surface area contributed by atoms with E-state index in [2.05, 4.69) is 5.32 Å². The van der Waals surface area contributed by atoms with E-state index < -0.39 is 0 Å². The summed E-state index contributed by atoms with van der Waals surface area (Å²) in [5.41, 5.74) is 1.13. The molecule has 0 aromatic rings. The van der Waals surface area contributed by atoms with Crippen molar-refractivity contribution in [1.29, 1.82) is 0 Å². The lowest BCUT2D eigenvalue weighted by Gasteiger charge is -2.13. The van der Waals surface area contributed by atoms with Crippen LogP contribution >= 0.6 is 0 Å². The van der Waals surface area contributed by atoms with Crippen LogP contribution in [0.1, 0.15) is 12.8 Å². The molecule has 0 fully saturated rings. The van der Waals surface area contributed by atoms with Gasteiger partial charge in [-0.2, -0.15) is 0 Å². The van der Waals surface area contributed by atoms with Gasteiger partial charge in [0.1, 0.15) is 0 Å². The van der Waals surface area contributed by atoms with E-state index in [0.29, 0.717) is 0 Å². The molecule has 1 rings (SSSR count). The zero-order valence-corrected chi connectivity index (χ0v) is 5.72. The largest absolute Gasteiger partial charge is 0.447 e. The Morgan fingerprint density at radius 2 is 2.56 bits per heavy atom. The third-order valence-electron chi connectivity index (χ3n) is 1.61. The minimum absolute atomic E-state index is 0.266. The lowest BCUT2D eigenvalue weighted by atomic mass is 9.62. The molecule has 1 aliphatic heterocycles. The van der Waals surface area contributed by atoms with Crippen LogP contribution in [-0.2, 0) is 0 Å². The summed E-state index contributed by atoms with van der Waals surface area (Å²) in [4.78, 5) is 0. The number of nitrogens with one attached hydrogen (secondary N) is 1. The Balaban J connectivity index is 2.46. The first kappa shape index (κ1) is 6.68. The molecule has 0 atom stereocenters. The fourth-order valence-corrected chi connectivity index (χ4v) is 0.999. The van der Waals surface area contributed by atoms with Crippen LogP contribution in [0.5, 0.6) is 0 Å². The molecule has 0 saturated heterocycles. The summed E-state index contributed by atoms with van der Waals surface area (Å²) >= 11 is 0. The average molecular weight is 125 g/mol. The van der Waals surface area contributed by atoms with Gasteiger partial charge in [0.25, 0.3) is 0 Å². The quantitative estimate of drug-likeness (QED) is 0.497. The van der Waals surface area contributed by atoms with Crippen LogP contribution in [0.4, 0.5) is 0 Å². The molecular weight excluding hydrogens is 113 g/mol. The second-order valence-corrected chi connectivity index (χ2v) is 2.45. The van der Waals surface area contributed by atoms with Gasteiger partial charge >= 0.3 is 6.92 Å². The summed E-state index contributed by atoms with van der Waals surface area (Å²) in [5, 5.41) is 12.2. The maximum absolute atomic E-state index is 9.07. The zero-order chi connectivity index (χ0) is 6.69. The van der Waals surface area contributed by atoms with Crippen LogP contribution in [0.15, 0.2) is 11.7 Å². The van der Waals surface area contributed by atoms with Crippen molar-refractivity contribution in [2.75, 3.05) is 6.54 Å². The minimum atomic E-state index is -0.266. The molecule has 3 heteroatoms. The van der Waals surface area contributed by atoms with Crippen molar-refractivity contribution >= 4 is 6.92 Å². The number of hydrogen-bond acceptors (Lipinski definition) is 2. The molecule has 2 nitrogen and oxygen atoms in total. The highest BCUT2D eigenvalue weighted by molar-refractivity contribution is 6.57. The molecule has 9 heavy (non-hydrogen) atoms. The van der Waals surface area contributed by atoms with E-state index in [9.17, 15) is 0 Å². The molecule has 0 unspecified atom stereocenters. The van der Waals surface area contributed by atoms with Gasteiger partial charge in [-0.1, -0.05) is 12.3 Å². The van der Waals surface area contributed by atoms with Crippen molar-refractivity contribution in [2.24, 2.45) is 0 Å².